The van der Waals surface area contributed by atoms with Crippen LogP contribution >= 0.6 is 0 Å². The standard InChI is InChI=1S/C13H19F3O8S.C6H11FO5/c1-6-7(2)22-10(5-21-25(19,20)13(14,15)16)12(24-9(4)18)11(6)23-8(3)17;7-1-2-3(8)4(9)5(10)6(11)12-2/h6-7,10-12H,5H2,1-4H3;2-6,8-11H,1H2/t6-,7?,10+,11+,12+;2-,3-,4+,5+,6?/m10/s1/i;7-1. The number of ether oxygens (including phenoxy) is 4. The number of carbonyl (C=O) groups excluding carboxylic acids is 2. The molecule has 0 aliphatic carbocycles. The predicted molar refractivity (Wildman–Crippen MR) is 110 cm³/mol. The molecule has 2 aliphatic rings. The first-order valence-electron chi connectivity index (χ1n) is 10.7. The molecular weight excluding hydrogens is 543 g/mol. The summed E-state index contributed by atoms with van der Waals surface area (Å²) in [4.78, 5) is 22.6. The van der Waals surface area contributed by atoms with Crippen LogP contribution < -0.4 is 0 Å². The molecule has 2 unspecified atom stereocenters. The minimum Gasteiger partial charge on any atom is -0.458 e. The third kappa shape index (κ3) is 8.95. The van der Waals surface area contributed by atoms with Gasteiger partial charge in [0, 0.05) is 19.8 Å². The molecule has 0 aromatic rings. The van der Waals surface area contributed by atoms with E-state index in [0.717, 1.165) is 13.8 Å². The molecule has 0 bridgehead atoms. The minimum atomic E-state index is -5.85. The molecular formula is C19H30F4O13S. The number of aliphatic hydroxyl groups is 4. The van der Waals surface area contributed by atoms with Crippen LogP contribution in [-0.2, 0) is 42.8 Å². The van der Waals surface area contributed by atoms with Gasteiger partial charge in [0.2, 0.25) is 0 Å². The summed E-state index contributed by atoms with van der Waals surface area (Å²) in [6, 6.07) is 0. The lowest BCUT2D eigenvalue weighted by Gasteiger charge is -2.43. The fourth-order valence-corrected chi connectivity index (χ4v) is 3.82. The van der Waals surface area contributed by atoms with E-state index in [1.54, 1.807) is 13.8 Å². The summed E-state index contributed by atoms with van der Waals surface area (Å²) in [6.07, 6.45) is -12.0. The van der Waals surface area contributed by atoms with Crippen LogP contribution in [-0.4, -0.2) is 115 Å². The van der Waals surface area contributed by atoms with Crippen molar-refractivity contribution in [3.63, 3.8) is 0 Å². The molecule has 4 N–H and O–H groups in total. The third-order valence-corrected chi connectivity index (χ3v) is 6.47. The molecule has 18 heteroatoms. The van der Waals surface area contributed by atoms with Gasteiger partial charge in [-0.05, 0) is 6.92 Å². The van der Waals surface area contributed by atoms with E-state index in [1.807, 2.05) is 0 Å². The zero-order valence-electron chi connectivity index (χ0n) is 20.1. The van der Waals surface area contributed by atoms with Gasteiger partial charge >= 0.3 is 27.6 Å². The first kappa shape index (κ1) is 33.4. The average Bonchev–Trinajstić information content (AvgIpc) is 2.77. The second-order valence-corrected chi connectivity index (χ2v) is 9.87. The Morgan fingerprint density at radius 3 is 1.84 bits per heavy atom. The zero-order valence-corrected chi connectivity index (χ0v) is 20.9. The van der Waals surface area contributed by atoms with Crippen molar-refractivity contribution >= 4 is 22.1 Å². The topological polar surface area (TPSA) is 195 Å². The van der Waals surface area contributed by atoms with E-state index >= 15 is 0 Å². The van der Waals surface area contributed by atoms with Crippen LogP contribution in [0, 0.1) is 5.92 Å². The summed E-state index contributed by atoms with van der Waals surface area (Å²) in [5.74, 6) is -1.98. The summed E-state index contributed by atoms with van der Waals surface area (Å²) in [6.45, 7) is 3.24. The van der Waals surface area contributed by atoms with Crippen LogP contribution in [0.1, 0.15) is 27.7 Å². The van der Waals surface area contributed by atoms with E-state index in [2.05, 4.69) is 8.92 Å². The number of halogens is 4. The van der Waals surface area contributed by atoms with Gasteiger partial charge in [-0.2, -0.15) is 21.6 Å². The Hall–Kier alpha value is -1.67. The second-order valence-electron chi connectivity index (χ2n) is 8.26. The number of rotatable bonds is 6. The highest BCUT2D eigenvalue weighted by atomic mass is 32.2. The molecule has 0 aromatic carbocycles. The van der Waals surface area contributed by atoms with E-state index in [-0.39, 0.29) is 0 Å². The summed E-state index contributed by atoms with van der Waals surface area (Å²) < 4.78 is 95.1. The van der Waals surface area contributed by atoms with Gasteiger partial charge < -0.3 is 39.4 Å². The number of esters is 2. The van der Waals surface area contributed by atoms with Crippen molar-refractivity contribution < 1.29 is 79.1 Å². The monoisotopic (exact) mass is 573 g/mol. The third-order valence-electron chi connectivity index (χ3n) is 5.45. The zero-order chi connectivity index (χ0) is 28.9. The van der Waals surface area contributed by atoms with Crippen LogP contribution in [0.2, 0.25) is 0 Å². The molecule has 2 saturated heterocycles. The number of hydrogen-bond acceptors (Lipinski definition) is 13. The molecule has 10 atom stereocenters. The van der Waals surface area contributed by atoms with Gasteiger partial charge in [0.1, 0.15) is 43.3 Å². The van der Waals surface area contributed by atoms with Gasteiger partial charge in [0.05, 0.1) is 12.7 Å². The lowest BCUT2D eigenvalue weighted by molar-refractivity contribution is -0.283. The average molecular weight is 573 g/mol. The van der Waals surface area contributed by atoms with Crippen molar-refractivity contribution in [2.45, 2.75) is 88.3 Å². The molecule has 0 spiro atoms. The van der Waals surface area contributed by atoms with Crippen LogP contribution in [0.5, 0.6) is 0 Å². The van der Waals surface area contributed by atoms with Crippen LogP contribution in [0.15, 0.2) is 0 Å². The van der Waals surface area contributed by atoms with Crippen LogP contribution in [0.4, 0.5) is 17.6 Å². The number of aliphatic hydroxyl groups excluding tert-OH is 4. The van der Waals surface area contributed by atoms with E-state index in [9.17, 15) is 35.6 Å². The Labute approximate surface area is 209 Å². The molecule has 2 fully saturated rings. The molecule has 37 heavy (non-hydrogen) atoms. The molecule has 2 heterocycles. The van der Waals surface area contributed by atoms with E-state index in [4.69, 9.17) is 34.6 Å². The summed E-state index contributed by atoms with van der Waals surface area (Å²) in [5.41, 5.74) is -5.60. The van der Waals surface area contributed by atoms with Crippen molar-refractivity contribution in [1.82, 2.24) is 0 Å². The maximum absolute atomic E-state index is 12.4. The van der Waals surface area contributed by atoms with E-state index < -0.39 is 102 Å². The van der Waals surface area contributed by atoms with Crippen molar-refractivity contribution in [2.24, 2.45) is 5.92 Å². The second kappa shape index (κ2) is 13.4. The molecule has 0 saturated carbocycles. The van der Waals surface area contributed by atoms with E-state index in [0.29, 0.717) is 0 Å². The number of carbonyl (C=O) groups is 2. The normalized spacial score (nSPS) is 36.6. The minimum absolute atomic E-state index is 0.469. The smallest absolute Gasteiger partial charge is 0.458 e. The largest absolute Gasteiger partial charge is 0.523 e. The van der Waals surface area contributed by atoms with Crippen molar-refractivity contribution in [3.05, 3.63) is 0 Å². The summed E-state index contributed by atoms with van der Waals surface area (Å²) in [7, 11) is -5.85. The quantitative estimate of drug-likeness (QED) is 0.129. The molecule has 2 rings (SSSR count). The van der Waals surface area contributed by atoms with Crippen molar-refractivity contribution in [2.75, 3.05) is 13.3 Å². The Bertz CT molecular complexity index is 866. The van der Waals surface area contributed by atoms with Crippen LogP contribution in [0.3, 0.4) is 0 Å². The van der Waals surface area contributed by atoms with Crippen molar-refractivity contribution in [1.29, 1.82) is 0 Å². The Morgan fingerprint density at radius 1 is 0.865 bits per heavy atom. The highest BCUT2D eigenvalue weighted by Gasteiger charge is 2.51. The van der Waals surface area contributed by atoms with Crippen molar-refractivity contribution in [3.8, 4) is 0 Å². The lowest BCUT2D eigenvalue weighted by Crippen LogP contribution is -2.58. The van der Waals surface area contributed by atoms with Gasteiger partial charge in [-0.25, -0.2) is 4.39 Å². The first-order chi connectivity index (χ1) is 16.8. The van der Waals surface area contributed by atoms with Crippen LogP contribution in [0.25, 0.3) is 0 Å². The van der Waals surface area contributed by atoms with Gasteiger partial charge in [-0.1, -0.05) is 6.92 Å². The molecule has 218 valence electrons. The predicted octanol–water partition coefficient (Wildman–Crippen LogP) is -1.10. The summed E-state index contributed by atoms with van der Waals surface area (Å²) >= 11 is 0. The lowest BCUT2D eigenvalue weighted by atomic mass is 9.88. The molecule has 13 nitrogen and oxygen atoms in total. The molecule has 0 amide bonds. The molecule has 0 aromatic heterocycles. The SMILES string of the molecule is CC(=O)O[C@@H]1[C@@H](OC(C)=O)[C@H](C)C(C)O[C@H]1COS(=O)(=O)C(F)(F)F.OC1O[C@@H](C[18F])[C@H](O)[C@@H](O)[C@H]1O. The summed E-state index contributed by atoms with van der Waals surface area (Å²) in [5, 5.41) is 35.8. The highest BCUT2D eigenvalue weighted by Crippen LogP contribution is 2.32. The van der Waals surface area contributed by atoms with Gasteiger partial charge in [-0.3, -0.25) is 13.8 Å². The van der Waals surface area contributed by atoms with Gasteiger partial charge in [0.15, 0.2) is 12.4 Å². The maximum atomic E-state index is 12.4. The highest BCUT2D eigenvalue weighted by molar-refractivity contribution is 7.87. The first-order valence-corrected chi connectivity index (χ1v) is 12.1. The molecule has 2 aliphatic heterocycles. The van der Waals surface area contributed by atoms with Gasteiger partial charge in [0.25, 0.3) is 0 Å². The maximum Gasteiger partial charge on any atom is 0.523 e. The Kier molecular flexibility index (Phi) is 12.1. The number of alkyl halides is 4. The Morgan fingerprint density at radius 2 is 1.38 bits per heavy atom. The molecule has 0 radical (unpaired) electrons. The van der Waals surface area contributed by atoms with Gasteiger partial charge in [-0.15, -0.1) is 0 Å². The Balaban J connectivity index is 0.000000474. The number of hydrogen-bond donors (Lipinski definition) is 4. The fourth-order valence-electron chi connectivity index (χ4n) is 3.37. The van der Waals surface area contributed by atoms with E-state index in [1.165, 1.54) is 0 Å². The fraction of sp³-hybridized carbons (Fsp3) is 0.895.